The van der Waals surface area contributed by atoms with E-state index in [-0.39, 0.29) is 5.82 Å². The fourth-order valence-electron chi connectivity index (χ4n) is 3.24. The number of nitrogens with zero attached hydrogens (tertiary/aromatic N) is 2. The molecule has 2 aromatic carbocycles. The van der Waals surface area contributed by atoms with Crippen LogP contribution in [0.1, 0.15) is 18.2 Å². The van der Waals surface area contributed by atoms with Gasteiger partial charge in [-0.2, -0.15) is 5.10 Å². The Morgan fingerprint density at radius 1 is 1.21 bits per heavy atom. The van der Waals surface area contributed by atoms with Crippen LogP contribution in [0.2, 0.25) is 0 Å². The Hall–Kier alpha value is -2.68. The lowest BCUT2D eigenvalue weighted by atomic mass is 9.97. The van der Waals surface area contributed by atoms with E-state index in [0.29, 0.717) is 18.1 Å². The molecule has 0 bridgehead atoms. The Morgan fingerprint density at radius 2 is 2.07 bits per heavy atom. The molecule has 0 amide bonds. The Balaban J connectivity index is 1.68. The number of halogens is 1. The number of aryl methyl sites for hydroxylation is 1. The van der Waals surface area contributed by atoms with E-state index < -0.39 is 11.4 Å². The van der Waals surface area contributed by atoms with Crippen LogP contribution in [0, 0.1) is 5.82 Å². The minimum atomic E-state index is -1.09. The van der Waals surface area contributed by atoms with Gasteiger partial charge in [-0.1, -0.05) is 19.1 Å². The van der Waals surface area contributed by atoms with Crippen LogP contribution in [-0.2, 0) is 24.3 Å². The van der Waals surface area contributed by atoms with Gasteiger partial charge in [-0.25, -0.2) is 9.37 Å². The maximum atomic E-state index is 13.8. The van der Waals surface area contributed by atoms with Crippen molar-refractivity contribution in [2.75, 3.05) is 6.26 Å². The fourth-order valence-corrected chi connectivity index (χ4v) is 3.59. The average molecular weight is 397 g/mol. The molecule has 0 saturated heterocycles. The summed E-state index contributed by atoms with van der Waals surface area (Å²) in [5.41, 5.74) is 5.24. The fraction of sp³-hybridized carbons (Fsp3) is 0.200. The number of imidazole rings is 1. The van der Waals surface area contributed by atoms with Gasteiger partial charge in [0.25, 0.3) is 0 Å². The Labute approximate surface area is 164 Å². The van der Waals surface area contributed by atoms with E-state index >= 15 is 0 Å². The van der Waals surface area contributed by atoms with Gasteiger partial charge in [-0.05, 0) is 47.4 Å². The van der Waals surface area contributed by atoms with E-state index in [0.717, 1.165) is 39.7 Å². The first-order chi connectivity index (χ1) is 13.5. The minimum Gasteiger partial charge on any atom is -0.598 e. The first-order valence-electron chi connectivity index (χ1n) is 8.93. The summed E-state index contributed by atoms with van der Waals surface area (Å²) in [5, 5.41) is 8.36. The van der Waals surface area contributed by atoms with Crippen molar-refractivity contribution >= 4 is 22.3 Å². The van der Waals surface area contributed by atoms with Crippen molar-refractivity contribution in [3.63, 3.8) is 0 Å². The summed E-state index contributed by atoms with van der Waals surface area (Å²) >= 11 is -1.09. The van der Waals surface area contributed by atoms with Crippen LogP contribution >= 0.6 is 0 Å². The topological polar surface area (TPSA) is 92.4 Å². The smallest absolute Gasteiger partial charge is 0.158 e. The zero-order valence-electron chi connectivity index (χ0n) is 15.5. The highest BCUT2D eigenvalue weighted by Crippen LogP contribution is 2.31. The number of benzene rings is 2. The normalized spacial score (nSPS) is 12.6. The lowest BCUT2D eigenvalue weighted by Gasteiger charge is -2.08. The molecule has 2 aromatic heterocycles. The molecule has 144 valence electrons. The first-order valence-corrected chi connectivity index (χ1v) is 10.5. The van der Waals surface area contributed by atoms with E-state index in [2.05, 4.69) is 31.8 Å². The average Bonchev–Trinajstić information content (AvgIpc) is 3.32. The summed E-state index contributed by atoms with van der Waals surface area (Å²) in [7, 11) is 0. The third-order valence-electron chi connectivity index (χ3n) is 4.64. The molecule has 0 spiro atoms. The van der Waals surface area contributed by atoms with Crippen molar-refractivity contribution in [2.24, 2.45) is 0 Å². The second kappa shape index (κ2) is 7.75. The second-order valence-electron chi connectivity index (χ2n) is 6.50. The van der Waals surface area contributed by atoms with Gasteiger partial charge in [0.05, 0.1) is 17.8 Å². The van der Waals surface area contributed by atoms with Crippen molar-refractivity contribution in [1.29, 1.82) is 0 Å². The van der Waals surface area contributed by atoms with Gasteiger partial charge >= 0.3 is 0 Å². The summed E-state index contributed by atoms with van der Waals surface area (Å²) in [6.07, 6.45) is 4.17. The minimum absolute atomic E-state index is 0.248. The number of rotatable bonds is 6. The van der Waals surface area contributed by atoms with E-state index in [1.807, 2.05) is 24.3 Å². The zero-order chi connectivity index (χ0) is 19.7. The third-order valence-corrected chi connectivity index (χ3v) is 5.19. The van der Waals surface area contributed by atoms with Crippen LogP contribution in [0.3, 0.4) is 0 Å². The molecular formula is C20H20FN5OS. The van der Waals surface area contributed by atoms with Crippen LogP contribution in [-0.4, -0.2) is 31.0 Å². The zero-order valence-corrected chi connectivity index (χ0v) is 16.4. The predicted octanol–water partition coefficient (Wildman–Crippen LogP) is 3.70. The maximum absolute atomic E-state index is 13.8. The molecule has 0 aliphatic carbocycles. The second-order valence-corrected chi connectivity index (χ2v) is 7.70. The summed E-state index contributed by atoms with van der Waals surface area (Å²) in [4.78, 5) is 7.62. The first kappa shape index (κ1) is 18.7. The van der Waals surface area contributed by atoms with Crippen molar-refractivity contribution < 1.29 is 8.94 Å². The van der Waals surface area contributed by atoms with Crippen LogP contribution in [0.25, 0.3) is 33.5 Å². The van der Waals surface area contributed by atoms with Crippen LogP contribution in [0.4, 0.5) is 4.39 Å². The van der Waals surface area contributed by atoms with Crippen LogP contribution in [0.15, 0.2) is 42.6 Å². The molecule has 0 aliphatic rings. The lowest BCUT2D eigenvalue weighted by Crippen LogP contribution is -2.21. The number of aromatic amines is 2. The highest BCUT2D eigenvalue weighted by atomic mass is 32.2. The van der Waals surface area contributed by atoms with Gasteiger partial charge in [-0.15, -0.1) is 4.72 Å². The lowest BCUT2D eigenvalue weighted by molar-refractivity contribution is 0.586. The van der Waals surface area contributed by atoms with Gasteiger partial charge in [0.15, 0.2) is 5.82 Å². The van der Waals surface area contributed by atoms with Gasteiger partial charge in [0, 0.05) is 22.9 Å². The third kappa shape index (κ3) is 3.66. The summed E-state index contributed by atoms with van der Waals surface area (Å²) in [6.45, 7) is 2.46. The molecule has 28 heavy (non-hydrogen) atoms. The maximum Gasteiger partial charge on any atom is 0.158 e. The number of nitrogens with one attached hydrogen (secondary N) is 3. The van der Waals surface area contributed by atoms with Crippen molar-refractivity contribution in [3.05, 3.63) is 59.7 Å². The Kier molecular flexibility index (Phi) is 5.17. The molecule has 2 heterocycles. The van der Waals surface area contributed by atoms with E-state index in [1.54, 1.807) is 18.5 Å². The molecule has 0 fully saturated rings. The van der Waals surface area contributed by atoms with Gasteiger partial charge in [0.2, 0.25) is 0 Å². The Bertz CT molecular complexity index is 1120. The molecule has 8 heteroatoms. The molecule has 1 atom stereocenters. The molecule has 1 unspecified atom stereocenters. The van der Waals surface area contributed by atoms with Gasteiger partial charge in [0.1, 0.15) is 17.8 Å². The van der Waals surface area contributed by atoms with E-state index in [1.165, 1.54) is 6.07 Å². The van der Waals surface area contributed by atoms with Crippen molar-refractivity contribution in [3.8, 4) is 22.6 Å². The predicted molar refractivity (Wildman–Crippen MR) is 109 cm³/mol. The SMILES string of the molecule is CCc1ccc(F)cc1-c1ccc2c(-c3nc(CN[S+](C)[O-])c[nH]3)n[nH]c2c1. The summed E-state index contributed by atoms with van der Waals surface area (Å²) in [6, 6.07) is 10.8. The molecule has 4 aromatic rings. The van der Waals surface area contributed by atoms with E-state index in [4.69, 9.17) is 0 Å². The molecule has 3 N–H and O–H groups in total. The van der Waals surface area contributed by atoms with Gasteiger partial charge in [-0.3, -0.25) is 5.10 Å². The standard InChI is InChI=1S/C20H20FN5OS/c1-3-12-4-6-14(21)9-17(12)13-5-7-16-18(8-13)25-26-19(16)20-22-10-15(24-20)11-23-28(2)27/h4-10,23H,3,11H2,1-2H3,(H,22,24)(H,25,26). The quantitative estimate of drug-likeness (QED) is 0.433. The summed E-state index contributed by atoms with van der Waals surface area (Å²) in [5.74, 6) is 0.389. The van der Waals surface area contributed by atoms with E-state index in [9.17, 15) is 8.94 Å². The monoisotopic (exact) mass is 397 g/mol. The molecule has 0 radical (unpaired) electrons. The molecular weight excluding hydrogens is 377 g/mol. The van der Waals surface area contributed by atoms with Crippen LogP contribution < -0.4 is 4.72 Å². The number of hydrogen-bond acceptors (Lipinski definition) is 4. The number of hydrogen-bond donors (Lipinski definition) is 3. The highest BCUT2D eigenvalue weighted by Gasteiger charge is 2.14. The highest BCUT2D eigenvalue weighted by molar-refractivity contribution is 7.88. The molecule has 6 nitrogen and oxygen atoms in total. The van der Waals surface area contributed by atoms with Crippen LogP contribution in [0.5, 0.6) is 0 Å². The number of fused-ring (bicyclic) bond motifs is 1. The largest absolute Gasteiger partial charge is 0.598 e. The molecule has 0 aliphatic heterocycles. The number of H-pyrrole nitrogens is 2. The molecule has 4 rings (SSSR count). The number of aromatic nitrogens is 4. The Morgan fingerprint density at radius 3 is 2.86 bits per heavy atom. The van der Waals surface area contributed by atoms with Crippen molar-refractivity contribution in [1.82, 2.24) is 24.9 Å². The molecule has 0 saturated carbocycles. The van der Waals surface area contributed by atoms with Gasteiger partial charge < -0.3 is 9.54 Å². The summed E-state index contributed by atoms with van der Waals surface area (Å²) < 4.78 is 27.8. The van der Waals surface area contributed by atoms with Crippen molar-refractivity contribution in [2.45, 2.75) is 19.9 Å².